The van der Waals surface area contributed by atoms with Crippen molar-refractivity contribution in [3.8, 4) is 32.8 Å². The summed E-state index contributed by atoms with van der Waals surface area (Å²) < 4.78 is 1.20. The minimum Gasteiger partial charge on any atom is -0.310 e. The molecule has 11 aromatic carbocycles. The average Bonchev–Trinajstić information content (AvgIpc) is 3.83. The van der Waals surface area contributed by atoms with Crippen molar-refractivity contribution in [2.24, 2.45) is 0 Å². The molecule has 0 atom stereocenters. The van der Waals surface area contributed by atoms with Crippen molar-refractivity contribution in [2.45, 2.75) is 12.8 Å². The van der Waals surface area contributed by atoms with Crippen molar-refractivity contribution in [3.63, 3.8) is 0 Å². The van der Waals surface area contributed by atoms with Gasteiger partial charge in [-0.25, -0.2) is 4.98 Å². The molecule has 2 aliphatic heterocycles. The van der Waals surface area contributed by atoms with E-state index in [2.05, 4.69) is 234 Å². The van der Waals surface area contributed by atoms with Crippen molar-refractivity contribution in [1.82, 2.24) is 4.98 Å². The van der Waals surface area contributed by atoms with Gasteiger partial charge in [0.05, 0.1) is 10.2 Å². The molecule has 3 heterocycles. The molecule has 0 radical (unpaired) electrons. The predicted molar refractivity (Wildman–Crippen MR) is 283 cm³/mol. The Hall–Kier alpha value is -8.31. The zero-order valence-electron chi connectivity index (χ0n) is 36.5. The number of fused-ring (bicyclic) bond motifs is 8. The van der Waals surface area contributed by atoms with E-state index in [4.69, 9.17) is 4.98 Å². The van der Waals surface area contributed by atoms with Gasteiger partial charge in [0.1, 0.15) is 5.01 Å². The maximum absolute atomic E-state index is 5.05. The molecule has 0 unspecified atom stereocenters. The van der Waals surface area contributed by atoms with E-state index in [1.165, 1.54) is 104 Å². The van der Waals surface area contributed by atoms with Crippen LogP contribution in [0.15, 0.2) is 224 Å². The molecule has 3 nitrogen and oxygen atoms in total. The molecule has 2 aliphatic rings. The first-order chi connectivity index (χ1) is 33.2. The van der Waals surface area contributed by atoms with E-state index in [0.29, 0.717) is 0 Å². The van der Waals surface area contributed by atoms with Crippen molar-refractivity contribution in [2.75, 3.05) is 9.80 Å². The molecule has 0 aliphatic carbocycles. The van der Waals surface area contributed by atoms with Gasteiger partial charge in [-0.3, -0.25) is 0 Å². The van der Waals surface area contributed by atoms with Gasteiger partial charge >= 0.3 is 0 Å². The minimum absolute atomic E-state index is 0.910. The maximum Gasteiger partial charge on any atom is 0.124 e. The number of hydrogen-bond acceptors (Lipinski definition) is 4. The molecule has 0 fully saturated rings. The number of rotatable bonds is 5. The first-order valence-corrected chi connectivity index (χ1v) is 23.9. The second-order valence-corrected chi connectivity index (χ2v) is 18.9. The van der Waals surface area contributed by atoms with Gasteiger partial charge in [-0.1, -0.05) is 158 Å². The molecule has 67 heavy (non-hydrogen) atoms. The van der Waals surface area contributed by atoms with E-state index in [0.717, 1.165) is 40.3 Å². The van der Waals surface area contributed by atoms with Gasteiger partial charge in [0.15, 0.2) is 0 Å². The predicted octanol–water partition coefficient (Wildman–Crippen LogP) is 17.5. The van der Waals surface area contributed by atoms with Gasteiger partial charge in [0, 0.05) is 52.5 Å². The molecule has 0 bridgehead atoms. The molecule has 0 amide bonds. The number of thiazole rings is 1. The third kappa shape index (κ3) is 6.14. The summed E-state index contributed by atoms with van der Waals surface area (Å²) in [4.78, 5) is 10.00. The zero-order valence-corrected chi connectivity index (χ0v) is 37.3. The summed E-state index contributed by atoms with van der Waals surface area (Å²) in [6, 6.07) is 83.2. The quantitative estimate of drug-likeness (QED) is 0.161. The van der Waals surface area contributed by atoms with E-state index >= 15 is 0 Å². The minimum atomic E-state index is 0.910. The molecule has 4 heteroatoms. The van der Waals surface area contributed by atoms with Gasteiger partial charge in [-0.2, -0.15) is 0 Å². The number of nitrogens with zero attached hydrogens (tertiary/aromatic N) is 3. The Labute approximate surface area is 393 Å². The highest BCUT2D eigenvalue weighted by molar-refractivity contribution is 7.21. The summed E-state index contributed by atoms with van der Waals surface area (Å²) in [5.74, 6) is 0. The lowest BCUT2D eigenvalue weighted by atomic mass is 9.84. The van der Waals surface area contributed by atoms with Crippen LogP contribution in [0, 0.1) is 0 Å². The van der Waals surface area contributed by atoms with E-state index in [1.54, 1.807) is 11.3 Å². The number of hydrogen-bond donors (Lipinski definition) is 0. The van der Waals surface area contributed by atoms with Crippen molar-refractivity contribution >= 4 is 88.0 Å². The lowest BCUT2D eigenvalue weighted by Gasteiger charge is -2.34. The van der Waals surface area contributed by atoms with Crippen molar-refractivity contribution < 1.29 is 0 Å². The fraction of sp³-hybridized carbons (Fsp3) is 0.0317. The Balaban J connectivity index is 1.07. The second-order valence-electron chi connectivity index (χ2n) is 17.9. The highest BCUT2D eigenvalue weighted by Crippen LogP contribution is 2.51. The Kier molecular flexibility index (Phi) is 8.58. The molecule has 14 rings (SSSR count). The first kappa shape index (κ1) is 38.0. The third-order valence-corrected chi connectivity index (χ3v) is 15.1. The van der Waals surface area contributed by atoms with E-state index < -0.39 is 0 Å². The number of benzene rings is 11. The number of aromatic nitrogens is 1. The van der Waals surface area contributed by atoms with Crippen LogP contribution in [0.25, 0.3) is 75.4 Å². The highest BCUT2D eigenvalue weighted by Gasteiger charge is 2.28. The zero-order chi connectivity index (χ0) is 44.0. The Morgan fingerprint density at radius 3 is 1.34 bits per heavy atom. The van der Waals surface area contributed by atoms with Crippen LogP contribution in [-0.4, -0.2) is 4.98 Å². The smallest absolute Gasteiger partial charge is 0.124 e. The fourth-order valence-corrected chi connectivity index (χ4v) is 11.9. The molecule has 0 N–H and O–H groups in total. The topological polar surface area (TPSA) is 19.4 Å². The van der Waals surface area contributed by atoms with Crippen LogP contribution >= 0.6 is 11.3 Å². The fourth-order valence-electron chi connectivity index (χ4n) is 11.0. The molecule has 1 aromatic heterocycles. The number of para-hydroxylation sites is 5. The maximum atomic E-state index is 5.05. The average molecular weight is 872 g/mol. The van der Waals surface area contributed by atoms with Crippen LogP contribution < -0.4 is 9.80 Å². The summed E-state index contributed by atoms with van der Waals surface area (Å²) in [5.41, 5.74) is 19.5. The Morgan fingerprint density at radius 2 is 0.791 bits per heavy atom. The van der Waals surface area contributed by atoms with Crippen LogP contribution in [0.3, 0.4) is 0 Å². The summed E-state index contributed by atoms with van der Waals surface area (Å²) in [6.07, 6.45) is 1.82. The van der Waals surface area contributed by atoms with Gasteiger partial charge in [0.25, 0.3) is 0 Å². The van der Waals surface area contributed by atoms with E-state index in [-0.39, 0.29) is 0 Å². The molecule has 12 aromatic rings. The molecule has 0 saturated carbocycles. The lowest BCUT2D eigenvalue weighted by Crippen LogP contribution is -2.18. The third-order valence-electron chi connectivity index (χ3n) is 14.0. The van der Waals surface area contributed by atoms with E-state index in [1.807, 2.05) is 0 Å². The molecule has 0 spiro atoms. The Bertz CT molecular complexity index is 3830. The summed E-state index contributed by atoms with van der Waals surface area (Å²) in [7, 11) is 0. The standard InChI is InChI=1S/C63H41N3S/c1-2-14-43-35-48(30-25-40(43)13-1)62-52-34-32-49(65-56-20-8-3-15-44(56)36-45-16-4-9-21-57(45)65)38-53(52)61(41-26-28-42(29-27-41)63-64-55-19-7-12-24-60(55)67-63)51-33-31-50(39-54(51)62)66-58-22-10-5-17-46(58)37-47-18-6-11-23-59(47)66/h1-35,38-39H,36-37H2. The molecular weight excluding hydrogens is 831 g/mol. The normalized spacial score (nSPS) is 12.9. The van der Waals surface area contributed by atoms with E-state index in [9.17, 15) is 0 Å². The SMILES string of the molecule is c1ccc2c(c1)Cc1ccccc1N2c1ccc2c(-c3ccc4ccccc4c3)c3cc(N4c5ccccc5Cc5ccccc54)ccc3c(-c3ccc(-c4nc5ccccc5s4)cc3)c2c1. The summed E-state index contributed by atoms with van der Waals surface area (Å²) in [5, 5.41) is 8.34. The first-order valence-electron chi connectivity index (χ1n) is 23.1. The lowest BCUT2D eigenvalue weighted by molar-refractivity contribution is 1.09. The second kappa shape index (κ2) is 15.1. The van der Waals surface area contributed by atoms with Crippen LogP contribution in [0.2, 0.25) is 0 Å². The van der Waals surface area contributed by atoms with Gasteiger partial charge in [-0.05, 0) is 144 Å². The molecule has 314 valence electrons. The summed E-state index contributed by atoms with van der Waals surface area (Å²) in [6.45, 7) is 0. The van der Waals surface area contributed by atoms with Gasteiger partial charge in [-0.15, -0.1) is 11.3 Å². The van der Waals surface area contributed by atoms with Gasteiger partial charge in [0.2, 0.25) is 0 Å². The molecule has 0 saturated heterocycles. The largest absolute Gasteiger partial charge is 0.310 e. The molecular formula is C63H41N3S. The van der Waals surface area contributed by atoms with Crippen LogP contribution in [-0.2, 0) is 12.8 Å². The van der Waals surface area contributed by atoms with Crippen LogP contribution in [0.5, 0.6) is 0 Å². The monoisotopic (exact) mass is 871 g/mol. The van der Waals surface area contributed by atoms with Crippen LogP contribution in [0.1, 0.15) is 22.3 Å². The van der Waals surface area contributed by atoms with Crippen molar-refractivity contribution in [3.05, 3.63) is 247 Å². The Morgan fingerprint density at radius 1 is 0.343 bits per heavy atom. The van der Waals surface area contributed by atoms with Gasteiger partial charge < -0.3 is 9.80 Å². The van der Waals surface area contributed by atoms with Crippen LogP contribution in [0.4, 0.5) is 34.1 Å². The highest BCUT2D eigenvalue weighted by atomic mass is 32.1. The number of anilines is 6. The van der Waals surface area contributed by atoms with Crippen molar-refractivity contribution in [1.29, 1.82) is 0 Å². The summed E-state index contributed by atoms with van der Waals surface area (Å²) >= 11 is 1.75.